The monoisotopic (exact) mass is 349 g/mol. The molecule has 0 spiro atoms. The lowest BCUT2D eigenvalue weighted by Crippen LogP contribution is -2.21. The van der Waals surface area contributed by atoms with Crippen molar-refractivity contribution in [1.82, 2.24) is 9.97 Å². The molecule has 2 rings (SSSR count). The highest BCUT2D eigenvalue weighted by Crippen LogP contribution is 2.13. The van der Waals surface area contributed by atoms with E-state index in [1.165, 1.54) is 12.4 Å². The first kappa shape index (κ1) is 15.1. The summed E-state index contributed by atoms with van der Waals surface area (Å²) in [5.41, 5.74) is 1.38. The summed E-state index contributed by atoms with van der Waals surface area (Å²) in [6.45, 7) is 1.37. The van der Waals surface area contributed by atoms with E-state index in [-0.39, 0.29) is 12.3 Å². The number of hydrogen-bond acceptors (Lipinski definition) is 5. The van der Waals surface area contributed by atoms with Crippen LogP contribution in [0.2, 0.25) is 0 Å². The third kappa shape index (κ3) is 4.64. The molecular formula is C14H12BrN3O3. The second kappa shape index (κ2) is 6.94. The molecule has 0 saturated heterocycles. The summed E-state index contributed by atoms with van der Waals surface area (Å²) in [5, 5.41) is 2.61. The Kier molecular flexibility index (Phi) is 4.99. The molecule has 7 heteroatoms. The molecule has 0 unspecified atom stereocenters. The third-order valence-electron chi connectivity index (χ3n) is 2.45. The molecule has 1 heterocycles. The van der Waals surface area contributed by atoms with Gasteiger partial charge in [-0.3, -0.25) is 9.78 Å². The molecule has 0 bridgehead atoms. The average Bonchev–Trinajstić information content (AvgIpc) is 2.48. The summed E-state index contributed by atoms with van der Waals surface area (Å²) >= 11 is 3.30. The van der Waals surface area contributed by atoms with E-state index in [1.54, 1.807) is 31.2 Å². The second-order valence-corrected chi connectivity index (χ2v) is 5.09. The summed E-state index contributed by atoms with van der Waals surface area (Å²) in [5.74, 6) is -1.11. The highest BCUT2D eigenvalue weighted by atomic mass is 79.9. The van der Waals surface area contributed by atoms with Crippen LogP contribution in [0, 0.1) is 6.92 Å². The molecule has 108 valence electrons. The maximum Gasteiger partial charge on any atom is 0.359 e. The molecule has 0 aliphatic carbocycles. The smallest absolute Gasteiger partial charge is 0.359 e. The van der Waals surface area contributed by atoms with Crippen molar-refractivity contribution < 1.29 is 14.3 Å². The highest BCUT2D eigenvalue weighted by Gasteiger charge is 2.12. The van der Waals surface area contributed by atoms with Crippen LogP contribution < -0.4 is 5.32 Å². The van der Waals surface area contributed by atoms with Crippen molar-refractivity contribution in [2.75, 3.05) is 11.9 Å². The number of nitrogens with one attached hydrogen (secondary N) is 1. The van der Waals surface area contributed by atoms with Crippen LogP contribution in [0.5, 0.6) is 0 Å². The fourth-order valence-electron chi connectivity index (χ4n) is 1.43. The third-order valence-corrected chi connectivity index (χ3v) is 2.98. The van der Waals surface area contributed by atoms with Gasteiger partial charge in [0.2, 0.25) is 0 Å². The predicted octanol–water partition coefficient (Wildman–Crippen LogP) is 2.34. The molecule has 0 fully saturated rings. The van der Waals surface area contributed by atoms with Crippen LogP contribution in [0.4, 0.5) is 5.69 Å². The molecule has 0 saturated carbocycles. The predicted molar refractivity (Wildman–Crippen MR) is 79.8 cm³/mol. The minimum absolute atomic E-state index is 0.0667. The Hall–Kier alpha value is -2.28. The SMILES string of the molecule is Cc1cnc(C(=O)OCC(=O)Nc2ccc(Br)cc2)cn1. The van der Waals surface area contributed by atoms with E-state index in [2.05, 4.69) is 31.2 Å². The van der Waals surface area contributed by atoms with Crippen molar-refractivity contribution in [3.8, 4) is 0 Å². The van der Waals surface area contributed by atoms with Gasteiger partial charge in [0.1, 0.15) is 0 Å². The Morgan fingerprint density at radius 1 is 1.19 bits per heavy atom. The minimum Gasteiger partial charge on any atom is -0.451 e. The molecule has 1 aromatic heterocycles. The van der Waals surface area contributed by atoms with Crippen LogP contribution >= 0.6 is 15.9 Å². The number of rotatable bonds is 4. The van der Waals surface area contributed by atoms with Gasteiger partial charge in [0.05, 0.1) is 11.9 Å². The first-order valence-corrected chi connectivity index (χ1v) is 6.85. The number of carbonyl (C=O) groups excluding carboxylic acids is 2. The van der Waals surface area contributed by atoms with Gasteiger partial charge in [-0.2, -0.15) is 0 Å². The van der Waals surface area contributed by atoms with E-state index in [0.717, 1.165) is 4.47 Å². The molecule has 6 nitrogen and oxygen atoms in total. The lowest BCUT2D eigenvalue weighted by atomic mass is 10.3. The van der Waals surface area contributed by atoms with Crippen LogP contribution in [0.1, 0.15) is 16.2 Å². The Labute approximate surface area is 129 Å². The molecular weight excluding hydrogens is 338 g/mol. The number of nitrogens with zero attached hydrogens (tertiary/aromatic N) is 2. The van der Waals surface area contributed by atoms with Gasteiger partial charge in [-0.05, 0) is 31.2 Å². The molecule has 21 heavy (non-hydrogen) atoms. The molecule has 0 radical (unpaired) electrons. The fraction of sp³-hybridized carbons (Fsp3) is 0.143. The van der Waals surface area contributed by atoms with Crippen LogP contribution in [0.3, 0.4) is 0 Å². The van der Waals surface area contributed by atoms with E-state index in [4.69, 9.17) is 4.74 Å². The van der Waals surface area contributed by atoms with Gasteiger partial charge in [-0.15, -0.1) is 0 Å². The van der Waals surface area contributed by atoms with Gasteiger partial charge >= 0.3 is 5.97 Å². The maximum atomic E-state index is 11.7. The second-order valence-electron chi connectivity index (χ2n) is 4.17. The fourth-order valence-corrected chi connectivity index (χ4v) is 1.70. The van der Waals surface area contributed by atoms with Gasteiger partial charge in [-0.25, -0.2) is 9.78 Å². The van der Waals surface area contributed by atoms with E-state index < -0.39 is 11.9 Å². The first-order chi connectivity index (χ1) is 10.0. The van der Waals surface area contributed by atoms with Crippen molar-refractivity contribution in [3.05, 3.63) is 52.5 Å². The summed E-state index contributed by atoms with van der Waals surface area (Å²) in [4.78, 5) is 31.1. The minimum atomic E-state index is -0.687. The van der Waals surface area contributed by atoms with Gasteiger partial charge in [0, 0.05) is 16.4 Å². The first-order valence-electron chi connectivity index (χ1n) is 6.06. The van der Waals surface area contributed by atoms with Crippen molar-refractivity contribution in [2.24, 2.45) is 0 Å². The maximum absolute atomic E-state index is 11.7. The van der Waals surface area contributed by atoms with Gasteiger partial charge in [-0.1, -0.05) is 15.9 Å². The van der Waals surface area contributed by atoms with Crippen molar-refractivity contribution in [1.29, 1.82) is 0 Å². The highest BCUT2D eigenvalue weighted by molar-refractivity contribution is 9.10. The largest absolute Gasteiger partial charge is 0.451 e. The number of aryl methyl sites for hydroxylation is 1. The zero-order valence-corrected chi connectivity index (χ0v) is 12.8. The summed E-state index contributed by atoms with van der Waals surface area (Å²) in [6.07, 6.45) is 2.77. The van der Waals surface area contributed by atoms with Crippen LogP contribution in [-0.4, -0.2) is 28.5 Å². The Bertz CT molecular complexity index is 642. The van der Waals surface area contributed by atoms with Gasteiger partial charge < -0.3 is 10.1 Å². The molecule has 1 amide bonds. The van der Waals surface area contributed by atoms with Crippen LogP contribution in [0.15, 0.2) is 41.1 Å². The number of halogens is 1. The average molecular weight is 350 g/mol. The Balaban J connectivity index is 1.84. The zero-order valence-electron chi connectivity index (χ0n) is 11.2. The van der Waals surface area contributed by atoms with E-state index >= 15 is 0 Å². The van der Waals surface area contributed by atoms with Crippen molar-refractivity contribution in [2.45, 2.75) is 6.92 Å². The normalized spacial score (nSPS) is 10.0. The van der Waals surface area contributed by atoms with Crippen molar-refractivity contribution >= 4 is 33.5 Å². The lowest BCUT2D eigenvalue weighted by Gasteiger charge is -2.06. The molecule has 0 aliphatic heterocycles. The number of hydrogen-bond donors (Lipinski definition) is 1. The molecule has 0 aliphatic rings. The number of anilines is 1. The van der Waals surface area contributed by atoms with Gasteiger partial charge in [0.15, 0.2) is 12.3 Å². The number of amides is 1. The van der Waals surface area contributed by atoms with Crippen LogP contribution in [0.25, 0.3) is 0 Å². The number of aromatic nitrogens is 2. The van der Waals surface area contributed by atoms with E-state index in [9.17, 15) is 9.59 Å². The topological polar surface area (TPSA) is 81.2 Å². The number of benzene rings is 1. The zero-order chi connectivity index (χ0) is 15.2. The Morgan fingerprint density at radius 2 is 1.90 bits per heavy atom. The molecule has 0 atom stereocenters. The van der Waals surface area contributed by atoms with Crippen molar-refractivity contribution in [3.63, 3.8) is 0 Å². The van der Waals surface area contributed by atoms with E-state index in [0.29, 0.717) is 11.4 Å². The lowest BCUT2D eigenvalue weighted by molar-refractivity contribution is -0.119. The summed E-state index contributed by atoms with van der Waals surface area (Å²) < 4.78 is 5.77. The van der Waals surface area contributed by atoms with Gasteiger partial charge in [0.25, 0.3) is 5.91 Å². The molecule has 1 aromatic carbocycles. The molecule has 1 N–H and O–H groups in total. The quantitative estimate of drug-likeness (QED) is 0.856. The van der Waals surface area contributed by atoms with E-state index in [1.807, 2.05) is 0 Å². The summed E-state index contributed by atoms with van der Waals surface area (Å²) in [7, 11) is 0. The summed E-state index contributed by atoms with van der Waals surface area (Å²) in [6, 6.07) is 7.05. The Morgan fingerprint density at radius 3 is 2.52 bits per heavy atom. The standard InChI is InChI=1S/C14H12BrN3O3/c1-9-6-17-12(7-16-9)14(20)21-8-13(19)18-11-4-2-10(15)3-5-11/h2-7H,8H2,1H3,(H,18,19). The number of esters is 1. The van der Waals surface area contributed by atoms with Crippen LogP contribution in [-0.2, 0) is 9.53 Å². The molecule has 2 aromatic rings. The number of ether oxygens (including phenoxy) is 1. The number of carbonyl (C=O) groups is 2.